The van der Waals surface area contributed by atoms with E-state index in [9.17, 15) is 0 Å². The molecule has 0 N–H and O–H groups in total. The number of nitrogens with zero attached hydrogens (tertiary/aromatic N) is 1. The Balaban J connectivity index is 2.19. The molecule has 15 heavy (non-hydrogen) atoms. The summed E-state index contributed by atoms with van der Waals surface area (Å²) in [5.74, 6) is 1.35. The zero-order valence-corrected chi connectivity index (χ0v) is 9.53. The first kappa shape index (κ1) is 10.2. The molecule has 80 valence electrons. The van der Waals surface area contributed by atoms with Gasteiger partial charge in [-0.3, -0.25) is 0 Å². The standard InChI is InChI=1S/C13H17NO/c1-9(2)12-8-15-13(14-12)11-6-4-10(3)5-7-11/h4-7,9,12H,8H2,1-3H3. The van der Waals surface area contributed by atoms with Gasteiger partial charge >= 0.3 is 0 Å². The summed E-state index contributed by atoms with van der Waals surface area (Å²) in [5.41, 5.74) is 2.35. The zero-order chi connectivity index (χ0) is 10.8. The van der Waals surface area contributed by atoms with Gasteiger partial charge < -0.3 is 4.74 Å². The molecule has 1 unspecified atom stereocenters. The van der Waals surface area contributed by atoms with E-state index in [4.69, 9.17) is 4.74 Å². The van der Waals surface area contributed by atoms with Crippen molar-refractivity contribution in [2.45, 2.75) is 26.8 Å². The minimum absolute atomic E-state index is 0.321. The van der Waals surface area contributed by atoms with Gasteiger partial charge in [-0.25, -0.2) is 4.99 Å². The predicted octanol–water partition coefficient (Wildman–Crippen LogP) is 2.80. The molecule has 2 nitrogen and oxygen atoms in total. The molecule has 2 heteroatoms. The topological polar surface area (TPSA) is 21.6 Å². The molecule has 1 aliphatic heterocycles. The molecule has 0 aliphatic carbocycles. The number of ether oxygens (including phenoxy) is 1. The van der Waals surface area contributed by atoms with Gasteiger partial charge in [0.2, 0.25) is 5.90 Å². The van der Waals surface area contributed by atoms with Gasteiger partial charge in [-0.2, -0.15) is 0 Å². The second-order valence-electron chi connectivity index (χ2n) is 4.42. The van der Waals surface area contributed by atoms with E-state index < -0.39 is 0 Å². The van der Waals surface area contributed by atoms with Gasteiger partial charge in [0.1, 0.15) is 6.61 Å². The lowest BCUT2D eigenvalue weighted by molar-refractivity contribution is 0.292. The Morgan fingerprint density at radius 1 is 1.27 bits per heavy atom. The van der Waals surface area contributed by atoms with Crippen molar-refractivity contribution in [3.05, 3.63) is 35.4 Å². The van der Waals surface area contributed by atoms with Crippen molar-refractivity contribution >= 4 is 5.90 Å². The Kier molecular flexibility index (Phi) is 2.76. The predicted molar refractivity (Wildman–Crippen MR) is 62.3 cm³/mol. The van der Waals surface area contributed by atoms with Gasteiger partial charge in [-0.15, -0.1) is 0 Å². The quantitative estimate of drug-likeness (QED) is 0.724. The average molecular weight is 203 g/mol. The highest BCUT2D eigenvalue weighted by Crippen LogP contribution is 2.17. The van der Waals surface area contributed by atoms with E-state index in [0.29, 0.717) is 12.0 Å². The SMILES string of the molecule is Cc1ccc(C2=NC(C(C)C)CO2)cc1. The summed E-state index contributed by atoms with van der Waals surface area (Å²) in [6, 6.07) is 8.63. The van der Waals surface area contributed by atoms with Gasteiger partial charge in [0.05, 0.1) is 6.04 Å². The molecular formula is C13H17NO. The third-order valence-electron chi connectivity index (χ3n) is 2.74. The summed E-state index contributed by atoms with van der Waals surface area (Å²) >= 11 is 0. The lowest BCUT2D eigenvalue weighted by Gasteiger charge is -2.06. The van der Waals surface area contributed by atoms with Crippen LogP contribution in [0, 0.1) is 12.8 Å². The smallest absolute Gasteiger partial charge is 0.216 e. The minimum Gasteiger partial charge on any atom is -0.475 e. The van der Waals surface area contributed by atoms with Crippen LogP contribution in [-0.2, 0) is 4.74 Å². The lowest BCUT2D eigenvalue weighted by Crippen LogP contribution is -2.13. The molecule has 1 heterocycles. The molecule has 1 aromatic rings. The maximum Gasteiger partial charge on any atom is 0.216 e. The lowest BCUT2D eigenvalue weighted by atomic mass is 10.1. The van der Waals surface area contributed by atoms with Crippen molar-refractivity contribution in [2.24, 2.45) is 10.9 Å². The van der Waals surface area contributed by atoms with Crippen LogP contribution in [0.15, 0.2) is 29.3 Å². The van der Waals surface area contributed by atoms with Gasteiger partial charge in [0, 0.05) is 5.56 Å². The van der Waals surface area contributed by atoms with Crippen LogP contribution in [0.25, 0.3) is 0 Å². The molecule has 1 aromatic carbocycles. The highest BCUT2D eigenvalue weighted by Gasteiger charge is 2.22. The molecule has 0 saturated carbocycles. The Bertz CT molecular complexity index is 365. The summed E-state index contributed by atoms with van der Waals surface area (Å²) in [5, 5.41) is 0. The zero-order valence-electron chi connectivity index (χ0n) is 9.53. The third-order valence-corrected chi connectivity index (χ3v) is 2.74. The van der Waals surface area contributed by atoms with Crippen LogP contribution in [0.5, 0.6) is 0 Å². The van der Waals surface area contributed by atoms with Crippen LogP contribution < -0.4 is 0 Å². The molecular weight excluding hydrogens is 186 g/mol. The van der Waals surface area contributed by atoms with Gasteiger partial charge in [0.15, 0.2) is 0 Å². The Morgan fingerprint density at radius 2 is 1.93 bits per heavy atom. The normalized spacial score (nSPS) is 20.3. The van der Waals surface area contributed by atoms with Crippen molar-refractivity contribution in [1.82, 2.24) is 0 Å². The molecule has 1 aliphatic rings. The number of hydrogen-bond donors (Lipinski definition) is 0. The van der Waals surface area contributed by atoms with E-state index in [0.717, 1.165) is 18.1 Å². The Hall–Kier alpha value is -1.31. The summed E-state index contributed by atoms with van der Waals surface area (Å²) in [6.45, 7) is 7.16. The highest BCUT2D eigenvalue weighted by atomic mass is 16.5. The first-order valence-corrected chi connectivity index (χ1v) is 5.44. The number of rotatable bonds is 2. The summed E-state index contributed by atoms with van der Waals surface area (Å²) < 4.78 is 5.60. The molecule has 2 rings (SSSR count). The van der Waals surface area contributed by atoms with Crippen molar-refractivity contribution in [2.75, 3.05) is 6.61 Å². The first-order chi connectivity index (χ1) is 7.16. The molecule has 0 fully saturated rings. The number of aryl methyl sites for hydroxylation is 1. The van der Waals surface area contributed by atoms with Crippen molar-refractivity contribution in [3.63, 3.8) is 0 Å². The second kappa shape index (κ2) is 4.05. The summed E-state index contributed by atoms with van der Waals surface area (Å²) in [7, 11) is 0. The van der Waals surface area contributed by atoms with E-state index in [1.54, 1.807) is 0 Å². The van der Waals surface area contributed by atoms with Gasteiger partial charge in [-0.05, 0) is 25.0 Å². The second-order valence-corrected chi connectivity index (χ2v) is 4.42. The summed E-state index contributed by atoms with van der Waals surface area (Å²) in [4.78, 5) is 4.58. The maximum atomic E-state index is 5.60. The fourth-order valence-corrected chi connectivity index (χ4v) is 1.58. The van der Waals surface area contributed by atoms with E-state index in [1.807, 2.05) is 0 Å². The van der Waals surface area contributed by atoms with E-state index in [2.05, 4.69) is 50.0 Å². The molecule has 0 aromatic heterocycles. The molecule has 0 radical (unpaired) electrons. The van der Waals surface area contributed by atoms with Crippen LogP contribution >= 0.6 is 0 Å². The van der Waals surface area contributed by atoms with Crippen molar-refractivity contribution in [1.29, 1.82) is 0 Å². The largest absolute Gasteiger partial charge is 0.475 e. The number of hydrogen-bond acceptors (Lipinski definition) is 2. The number of benzene rings is 1. The molecule has 0 bridgehead atoms. The van der Waals surface area contributed by atoms with Gasteiger partial charge in [0.25, 0.3) is 0 Å². The van der Waals surface area contributed by atoms with E-state index >= 15 is 0 Å². The summed E-state index contributed by atoms with van der Waals surface area (Å²) in [6.07, 6.45) is 0. The third kappa shape index (κ3) is 2.20. The van der Waals surface area contributed by atoms with Crippen LogP contribution in [0.2, 0.25) is 0 Å². The molecule has 0 spiro atoms. The first-order valence-electron chi connectivity index (χ1n) is 5.44. The Labute approximate surface area is 91.0 Å². The van der Waals surface area contributed by atoms with Crippen LogP contribution in [-0.4, -0.2) is 18.5 Å². The van der Waals surface area contributed by atoms with E-state index in [1.165, 1.54) is 5.56 Å². The van der Waals surface area contributed by atoms with Crippen LogP contribution in [0.4, 0.5) is 0 Å². The van der Waals surface area contributed by atoms with Crippen LogP contribution in [0.1, 0.15) is 25.0 Å². The van der Waals surface area contributed by atoms with Crippen LogP contribution in [0.3, 0.4) is 0 Å². The molecule has 0 saturated heterocycles. The average Bonchev–Trinajstić information content (AvgIpc) is 2.68. The Morgan fingerprint density at radius 3 is 2.47 bits per heavy atom. The van der Waals surface area contributed by atoms with Crippen molar-refractivity contribution in [3.8, 4) is 0 Å². The van der Waals surface area contributed by atoms with Gasteiger partial charge in [-0.1, -0.05) is 31.5 Å². The monoisotopic (exact) mass is 203 g/mol. The molecule has 0 amide bonds. The molecule has 1 atom stereocenters. The van der Waals surface area contributed by atoms with Crippen molar-refractivity contribution < 1.29 is 4.74 Å². The minimum atomic E-state index is 0.321. The maximum absolute atomic E-state index is 5.60. The van der Waals surface area contributed by atoms with E-state index in [-0.39, 0.29) is 0 Å². The highest BCUT2D eigenvalue weighted by molar-refractivity contribution is 5.95. The fourth-order valence-electron chi connectivity index (χ4n) is 1.58. The number of aliphatic imine (C=N–C) groups is 1. The fraction of sp³-hybridized carbons (Fsp3) is 0.462.